The highest BCUT2D eigenvalue weighted by molar-refractivity contribution is 6.01. The lowest BCUT2D eigenvalue weighted by atomic mass is 9.98. The van der Waals surface area contributed by atoms with Gasteiger partial charge in [-0.25, -0.2) is 4.79 Å². The molecule has 180 valence electrons. The second-order valence-corrected chi connectivity index (χ2v) is 8.91. The molecule has 1 aromatic heterocycles. The number of hydrogen-bond acceptors (Lipinski definition) is 5. The number of benzene rings is 2. The smallest absolute Gasteiger partial charge is 0.412 e. The van der Waals surface area contributed by atoms with Crippen LogP contribution in [0.15, 0.2) is 54.7 Å². The average Bonchev–Trinajstić information content (AvgIpc) is 3.40. The third kappa shape index (κ3) is 4.25. The van der Waals surface area contributed by atoms with Crippen molar-refractivity contribution in [1.82, 2.24) is 14.7 Å². The number of nitrogens with zero attached hydrogens (tertiary/aromatic N) is 3. The van der Waals surface area contributed by atoms with Gasteiger partial charge in [0, 0.05) is 26.1 Å². The zero-order valence-electron chi connectivity index (χ0n) is 19.3. The van der Waals surface area contributed by atoms with E-state index in [1.54, 1.807) is 7.05 Å². The van der Waals surface area contributed by atoms with Gasteiger partial charge in [-0.05, 0) is 35.1 Å². The number of aromatic nitrogens is 2. The van der Waals surface area contributed by atoms with E-state index in [4.69, 9.17) is 4.74 Å². The first-order chi connectivity index (χ1) is 16.9. The van der Waals surface area contributed by atoms with Crippen molar-refractivity contribution in [1.29, 1.82) is 0 Å². The second kappa shape index (κ2) is 9.25. The van der Waals surface area contributed by atoms with Crippen LogP contribution in [0.1, 0.15) is 40.2 Å². The maximum atomic E-state index is 13.1. The SMILES string of the molecule is Cn1ncc(C(=O)N2CCC[C@H](C(=O)O)C2)c1NC(=O)OCC1c2ccccc2-c2ccccc21. The van der Waals surface area contributed by atoms with Crippen LogP contribution >= 0.6 is 0 Å². The number of carbonyl (C=O) groups is 3. The summed E-state index contributed by atoms with van der Waals surface area (Å²) in [5.41, 5.74) is 4.69. The standard InChI is InChI=1S/C26H26N4O5/c1-29-23(21(13-27-29)24(31)30-12-6-7-16(14-30)25(32)33)28-26(34)35-15-22-19-10-4-2-8-17(19)18-9-3-5-11-20(18)22/h2-5,8-11,13,16,22H,6-7,12,14-15H2,1H3,(H,28,34)(H,32,33)/t16-/m0/s1. The quantitative estimate of drug-likeness (QED) is 0.583. The van der Waals surface area contributed by atoms with Crippen LogP contribution in [0.3, 0.4) is 0 Å². The lowest BCUT2D eigenvalue weighted by Gasteiger charge is -2.30. The number of amides is 2. The van der Waals surface area contributed by atoms with Crippen LogP contribution < -0.4 is 5.32 Å². The maximum absolute atomic E-state index is 13.1. The lowest BCUT2D eigenvalue weighted by Crippen LogP contribution is -2.42. The predicted molar refractivity (Wildman–Crippen MR) is 128 cm³/mol. The molecule has 2 aromatic carbocycles. The van der Waals surface area contributed by atoms with Crippen LogP contribution in [0, 0.1) is 5.92 Å². The molecule has 0 radical (unpaired) electrons. The van der Waals surface area contributed by atoms with Crippen molar-refractivity contribution in [2.75, 3.05) is 25.0 Å². The molecule has 2 amide bonds. The van der Waals surface area contributed by atoms with Crippen molar-refractivity contribution < 1.29 is 24.2 Å². The number of carboxylic acid groups (broad SMARTS) is 1. The van der Waals surface area contributed by atoms with Crippen LogP contribution in [0.25, 0.3) is 11.1 Å². The Bertz CT molecular complexity index is 1250. The van der Waals surface area contributed by atoms with Gasteiger partial charge in [-0.1, -0.05) is 48.5 Å². The first kappa shape index (κ1) is 22.6. The van der Waals surface area contributed by atoms with Gasteiger partial charge in [-0.15, -0.1) is 0 Å². The Hall–Kier alpha value is -4.14. The number of rotatable bonds is 5. The molecule has 1 saturated heterocycles. The van der Waals surface area contributed by atoms with Crippen molar-refractivity contribution in [3.8, 4) is 11.1 Å². The van der Waals surface area contributed by atoms with Gasteiger partial charge in [0.05, 0.1) is 12.1 Å². The summed E-state index contributed by atoms with van der Waals surface area (Å²) in [6.07, 6.45) is 1.84. The molecule has 9 nitrogen and oxygen atoms in total. The van der Waals surface area contributed by atoms with Crippen molar-refractivity contribution in [2.24, 2.45) is 13.0 Å². The van der Waals surface area contributed by atoms with Gasteiger partial charge < -0.3 is 14.7 Å². The van der Waals surface area contributed by atoms with Crippen LogP contribution in [-0.2, 0) is 16.6 Å². The summed E-state index contributed by atoms with van der Waals surface area (Å²) >= 11 is 0. The van der Waals surface area contributed by atoms with E-state index in [-0.39, 0.29) is 36.4 Å². The summed E-state index contributed by atoms with van der Waals surface area (Å²) in [7, 11) is 1.62. The second-order valence-electron chi connectivity index (χ2n) is 8.91. The summed E-state index contributed by atoms with van der Waals surface area (Å²) in [6.45, 7) is 0.739. The molecule has 1 atom stereocenters. The third-order valence-electron chi connectivity index (χ3n) is 6.79. The minimum Gasteiger partial charge on any atom is -0.481 e. The minimum absolute atomic E-state index is 0.0814. The highest BCUT2D eigenvalue weighted by atomic mass is 16.5. The highest BCUT2D eigenvalue weighted by Crippen LogP contribution is 2.44. The van der Waals surface area contributed by atoms with Gasteiger partial charge in [0.2, 0.25) is 0 Å². The van der Waals surface area contributed by atoms with Crippen LogP contribution in [0.4, 0.5) is 10.6 Å². The number of anilines is 1. The summed E-state index contributed by atoms with van der Waals surface area (Å²) in [5.74, 6) is -1.74. The molecule has 0 bridgehead atoms. The fourth-order valence-electron chi connectivity index (χ4n) is 5.01. The van der Waals surface area contributed by atoms with Crippen LogP contribution in [0.2, 0.25) is 0 Å². The Morgan fingerprint density at radius 1 is 1.09 bits per heavy atom. The molecule has 5 rings (SSSR count). The number of piperidine rings is 1. The average molecular weight is 475 g/mol. The molecule has 35 heavy (non-hydrogen) atoms. The highest BCUT2D eigenvalue weighted by Gasteiger charge is 2.32. The van der Waals surface area contributed by atoms with Gasteiger partial charge in [0.15, 0.2) is 0 Å². The number of aryl methyl sites for hydroxylation is 1. The number of carbonyl (C=O) groups excluding carboxylic acids is 2. The fourth-order valence-corrected chi connectivity index (χ4v) is 5.01. The molecule has 2 aliphatic rings. The Labute approximate surface area is 202 Å². The molecular formula is C26H26N4O5. The molecule has 1 aliphatic heterocycles. The zero-order chi connectivity index (χ0) is 24.5. The third-order valence-corrected chi connectivity index (χ3v) is 6.79. The lowest BCUT2D eigenvalue weighted by molar-refractivity contribution is -0.143. The van der Waals surface area contributed by atoms with Crippen molar-refractivity contribution in [2.45, 2.75) is 18.8 Å². The predicted octanol–water partition coefficient (Wildman–Crippen LogP) is 3.72. The Kier molecular flexibility index (Phi) is 5.98. The van der Waals surface area contributed by atoms with E-state index >= 15 is 0 Å². The van der Waals surface area contributed by atoms with Gasteiger partial charge in [-0.2, -0.15) is 5.10 Å². The molecule has 3 aromatic rings. The molecule has 0 spiro atoms. The Morgan fingerprint density at radius 3 is 2.40 bits per heavy atom. The van der Waals surface area contributed by atoms with E-state index in [1.165, 1.54) is 15.8 Å². The van der Waals surface area contributed by atoms with Crippen molar-refractivity contribution >= 4 is 23.8 Å². The minimum atomic E-state index is -0.911. The molecule has 1 fully saturated rings. The van der Waals surface area contributed by atoms with Crippen LogP contribution in [0.5, 0.6) is 0 Å². The summed E-state index contributed by atoms with van der Waals surface area (Å²) in [5, 5.41) is 16.1. The fraction of sp³-hybridized carbons (Fsp3) is 0.308. The summed E-state index contributed by atoms with van der Waals surface area (Å²) in [4.78, 5) is 38.8. The van der Waals surface area contributed by atoms with E-state index in [1.807, 2.05) is 36.4 Å². The van der Waals surface area contributed by atoms with Crippen molar-refractivity contribution in [3.05, 3.63) is 71.4 Å². The summed E-state index contributed by atoms with van der Waals surface area (Å²) in [6, 6.07) is 16.2. The number of fused-ring (bicyclic) bond motifs is 3. The molecular weight excluding hydrogens is 448 g/mol. The normalized spacial score (nSPS) is 16.9. The Balaban J connectivity index is 1.28. The first-order valence-electron chi connectivity index (χ1n) is 11.6. The zero-order valence-corrected chi connectivity index (χ0v) is 19.3. The number of carboxylic acids is 1. The van der Waals surface area contributed by atoms with Crippen molar-refractivity contribution in [3.63, 3.8) is 0 Å². The van der Waals surface area contributed by atoms with E-state index in [0.717, 1.165) is 22.3 Å². The molecule has 2 heterocycles. The molecule has 9 heteroatoms. The van der Waals surface area contributed by atoms with E-state index in [2.05, 4.69) is 22.5 Å². The number of aliphatic carboxylic acids is 1. The van der Waals surface area contributed by atoms with E-state index < -0.39 is 18.0 Å². The number of ether oxygens (including phenoxy) is 1. The number of likely N-dealkylation sites (tertiary alicyclic amines) is 1. The molecule has 0 unspecified atom stereocenters. The van der Waals surface area contributed by atoms with E-state index in [9.17, 15) is 19.5 Å². The largest absolute Gasteiger partial charge is 0.481 e. The maximum Gasteiger partial charge on any atom is 0.412 e. The summed E-state index contributed by atoms with van der Waals surface area (Å²) < 4.78 is 7.00. The van der Waals surface area contributed by atoms with Crippen LogP contribution in [-0.4, -0.2) is 57.5 Å². The molecule has 0 saturated carbocycles. The van der Waals surface area contributed by atoms with E-state index in [0.29, 0.717) is 19.4 Å². The van der Waals surface area contributed by atoms with Gasteiger partial charge in [0.25, 0.3) is 5.91 Å². The van der Waals surface area contributed by atoms with Gasteiger partial charge >= 0.3 is 12.1 Å². The van der Waals surface area contributed by atoms with Gasteiger partial charge in [0.1, 0.15) is 18.0 Å². The molecule has 2 N–H and O–H groups in total. The number of hydrogen-bond donors (Lipinski definition) is 2. The Morgan fingerprint density at radius 2 is 1.74 bits per heavy atom. The monoisotopic (exact) mass is 474 g/mol. The first-order valence-corrected chi connectivity index (χ1v) is 11.6. The molecule has 1 aliphatic carbocycles. The van der Waals surface area contributed by atoms with Gasteiger partial charge in [-0.3, -0.25) is 19.6 Å². The number of nitrogens with one attached hydrogen (secondary N) is 1. The topological polar surface area (TPSA) is 114 Å².